The number of carbonyl (C=O) groups is 1. The second-order valence-electron chi connectivity index (χ2n) is 18.7. The Morgan fingerprint density at radius 1 is 0.523 bits per heavy atom. The minimum absolute atomic E-state index is 0.191. The summed E-state index contributed by atoms with van der Waals surface area (Å²) in [5, 5.41) is 53.9. The normalized spacial score (nSPS) is 20.4. The summed E-state index contributed by atoms with van der Waals surface area (Å²) < 4.78 is 11.2. The Kier molecular flexibility index (Phi) is 42.8. The van der Waals surface area contributed by atoms with Crippen molar-refractivity contribution in [1.29, 1.82) is 0 Å². The quantitative estimate of drug-likeness (QED) is 0.0261. The van der Waals surface area contributed by atoms with Crippen molar-refractivity contribution < 1.29 is 39.8 Å². The third-order valence-corrected chi connectivity index (χ3v) is 12.5. The van der Waals surface area contributed by atoms with Crippen molar-refractivity contribution in [2.45, 2.75) is 275 Å². The molecule has 9 nitrogen and oxygen atoms in total. The van der Waals surface area contributed by atoms with Gasteiger partial charge >= 0.3 is 0 Å². The Bertz CT molecular complexity index is 1200. The van der Waals surface area contributed by atoms with Crippen molar-refractivity contribution in [3.05, 3.63) is 60.8 Å². The van der Waals surface area contributed by atoms with Crippen LogP contribution in [0.15, 0.2) is 60.8 Å². The van der Waals surface area contributed by atoms with Crippen LogP contribution in [0.25, 0.3) is 0 Å². The second-order valence-corrected chi connectivity index (χ2v) is 18.7. The number of rotatable bonds is 45. The van der Waals surface area contributed by atoms with E-state index in [1.807, 2.05) is 6.08 Å². The summed E-state index contributed by atoms with van der Waals surface area (Å²) >= 11 is 0. The fourth-order valence-electron chi connectivity index (χ4n) is 8.25. The molecule has 9 heteroatoms. The van der Waals surface area contributed by atoms with Crippen LogP contribution in [0.4, 0.5) is 0 Å². The molecule has 0 aromatic rings. The molecule has 0 aliphatic carbocycles. The van der Waals surface area contributed by atoms with Crippen molar-refractivity contribution in [3.63, 3.8) is 0 Å². The van der Waals surface area contributed by atoms with Crippen LogP contribution in [0.2, 0.25) is 0 Å². The standard InChI is InChI=1S/C56H101NO8/c1-3-5-7-9-11-12-13-14-15-16-17-18-19-20-21-22-23-24-25-26-27-28-29-30-31-32-33-34-35-36-37-38-40-42-44-46-52(60)57-49(50(59)45-43-41-39-10-8-6-4-2)48-64-56-55(63)54(62)53(61)51(47-58)65-56/h8,10,13-14,16-17,19-20,43,45,49-51,53-56,58-59,61-63H,3-7,9,11-12,15,18,21-42,44,46-48H2,1-2H3,(H,57,60)/b10-8+,14-13-,17-16-,20-19-,45-43+. The number of hydrogen-bond acceptors (Lipinski definition) is 8. The van der Waals surface area contributed by atoms with Gasteiger partial charge in [-0.1, -0.05) is 222 Å². The lowest BCUT2D eigenvalue weighted by molar-refractivity contribution is -0.302. The van der Waals surface area contributed by atoms with Gasteiger partial charge in [-0.05, 0) is 64.2 Å². The summed E-state index contributed by atoms with van der Waals surface area (Å²) in [5.74, 6) is -0.191. The fourth-order valence-corrected chi connectivity index (χ4v) is 8.25. The first-order valence-electron chi connectivity index (χ1n) is 27.0. The number of allylic oxidation sites excluding steroid dienone is 9. The summed E-state index contributed by atoms with van der Waals surface area (Å²) in [7, 11) is 0. The van der Waals surface area contributed by atoms with E-state index in [-0.39, 0.29) is 12.5 Å². The van der Waals surface area contributed by atoms with Crippen LogP contribution in [0.3, 0.4) is 0 Å². The lowest BCUT2D eigenvalue weighted by atomic mass is 9.99. The summed E-state index contributed by atoms with van der Waals surface area (Å²) in [6.45, 7) is 3.63. The summed E-state index contributed by atoms with van der Waals surface area (Å²) in [6, 6.07) is -0.819. The maximum Gasteiger partial charge on any atom is 0.220 e. The van der Waals surface area contributed by atoms with E-state index in [0.29, 0.717) is 6.42 Å². The van der Waals surface area contributed by atoms with E-state index < -0.39 is 49.5 Å². The van der Waals surface area contributed by atoms with Gasteiger partial charge in [-0.2, -0.15) is 0 Å². The highest BCUT2D eigenvalue weighted by Crippen LogP contribution is 2.23. The van der Waals surface area contributed by atoms with Crippen molar-refractivity contribution >= 4 is 5.91 Å². The number of amides is 1. The van der Waals surface area contributed by atoms with Gasteiger partial charge in [0.25, 0.3) is 0 Å². The lowest BCUT2D eigenvalue weighted by Crippen LogP contribution is -2.60. The first-order valence-corrected chi connectivity index (χ1v) is 27.0. The SMILES string of the molecule is CCC/C=C/CC/C=C/C(O)C(COC1OC(CO)C(O)C(O)C1O)NC(=O)CCCCCCCCCCCCCCCCCCCCCC/C=C\C/C=C\C/C=C\CCCCCCC. The zero-order valence-electron chi connectivity index (χ0n) is 41.7. The average molecular weight is 916 g/mol. The van der Waals surface area contributed by atoms with Gasteiger partial charge in [-0.3, -0.25) is 4.79 Å². The summed E-state index contributed by atoms with van der Waals surface area (Å²) in [5.41, 5.74) is 0. The monoisotopic (exact) mass is 916 g/mol. The molecule has 0 bridgehead atoms. The third-order valence-electron chi connectivity index (χ3n) is 12.5. The molecular formula is C56H101NO8. The van der Waals surface area contributed by atoms with Crippen molar-refractivity contribution in [1.82, 2.24) is 5.32 Å². The Morgan fingerprint density at radius 2 is 0.954 bits per heavy atom. The molecule has 1 saturated heterocycles. The van der Waals surface area contributed by atoms with Gasteiger partial charge in [0.05, 0.1) is 25.4 Å². The number of nitrogens with one attached hydrogen (secondary N) is 1. The number of aliphatic hydroxyl groups is 5. The molecule has 6 N–H and O–H groups in total. The minimum Gasteiger partial charge on any atom is -0.394 e. The van der Waals surface area contributed by atoms with Crippen LogP contribution in [0.1, 0.15) is 232 Å². The molecule has 1 fully saturated rings. The number of aliphatic hydroxyl groups excluding tert-OH is 5. The molecule has 0 saturated carbocycles. The van der Waals surface area contributed by atoms with Gasteiger partial charge in [0.15, 0.2) is 6.29 Å². The Hall–Kier alpha value is -2.11. The molecule has 0 radical (unpaired) electrons. The predicted octanol–water partition coefficient (Wildman–Crippen LogP) is 12.7. The van der Waals surface area contributed by atoms with E-state index >= 15 is 0 Å². The largest absolute Gasteiger partial charge is 0.394 e. The number of hydrogen-bond donors (Lipinski definition) is 6. The van der Waals surface area contributed by atoms with E-state index in [1.165, 1.54) is 154 Å². The van der Waals surface area contributed by atoms with Crippen LogP contribution < -0.4 is 5.32 Å². The minimum atomic E-state index is -1.57. The van der Waals surface area contributed by atoms with Crippen molar-refractivity contribution in [2.24, 2.45) is 0 Å². The van der Waals surface area contributed by atoms with Crippen LogP contribution in [-0.4, -0.2) is 87.5 Å². The van der Waals surface area contributed by atoms with Gasteiger partial charge in [0, 0.05) is 6.42 Å². The molecule has 1 aliphatic rings. The summed E-state index contributed by atoms with van der Waals surface area (Å²) in [6.07, 6.45) is 54.9. The van der Waals surface area contributed by atoms with Crippen LogP contribution >= 0.6 is 0 Å². The van der Waals surface area contributed by atoms with E-state index in [1.54, 1.807) is 6.08 Å². The van der Waals surface area contributed by atoms with Crippen molar-refractivity contribution in [2.75, 3.05) is 13.2 Å². The van der Waals surface area contributed by atoms with Crippen molar-refractivity contribution in [3.8, 4) is 0 Å². The lowest BCUT2D eigenvalue weighted by Gasteiger charge is -2.40. The molecule has 0 aromatic carbocycles. The van der Waals surface area contributed by atoms with Gasteiger partial charge in [-0.25, -0.2) is 0 Å². The zero-order valence-corrected chi connectivity index (χ0v) is 41.7. The van der Waals surface area contributed by atoms with E-state index in [9.17, 15) is 30.3 Å². The predicted molar refractivity (Wildman–Crippen MR) is 272 cm³/mol. The number of ether oxygens (including phenoxy) is 2. The topological polar surface area (TPSA) is 149 Å². The molecule has 1 aliphatic heterocycles. The molecular weight excluding hydrogens is 815 g/mol. The molecule has 1 amide bonds. The van der Waals surface area contributed by atoms with E-state index in [4.69, 9.17) is 9.47 Å². The molecule has 378 valence electrons. The Labute approximate surface area is 398 Å². The highest BCUT2D eigenvalue weighted by molar-refractivity contribution is 5.76. The summed E-state index contributed by atoms with van der Waals surface area (Å²) in [4.78, 5) is 12.9. The van der Waals surface area contributed by atoms with E-state index in [2.05, 4.69) is 67.8 Å². The zero-order chi connectivity index (χ0) is 47.3. The molecule has 0 aromatic heterocycles. The third kappa shape index (κ3) is 35.7. The maximum atomic E-state index is 12.9. The first kappa shape index (κ1) is 60.9. The van der Waals surface area contributed by atoms with Crippen LogP contribution in [0.5, 0.6) is 0 Å². The smallest absolute Gasteiger partial charge is 0.220 e. The Balaban J connectivity index is 2.03. The first-order chi connectivity index (χ1) is 31.8. The van der Waals surface area contributed by atoms with Gasteiger partial charge in [-0.15, -0.1) is 0 Å². The molecule has 1 rings (SSSR count). The maximum absolute atomic E-state index is 12.9. The highest BCUT2D eigenvalue weighted by Gasteiger charge is 2.44. The molecule has 0 spiro atoms. The van der Waals surface area contributed by atoms with E-state index in [0.717, 1.165) is 57.8 Å². The molecule has 7 atom stereocenters. The van der Waals surface area contributed by atoms with Crippen LogP contribution in [0, 0.1) is 0 Å². The molecule has 65 heavy (non-hydrogen) atoms. The fraction of sp³-hybridized carbons (Fsp3) is 0.804. The van der Waals surface area contributed by atoms with Gasteiger partial charge in [0.1, 0.15) is 24.4 Å². The van der Waals surface area contributed by atoms with Crippen LogP contribution in [-0.2, 0) is 14.3 Å². The molecule has 7 unspecified atom stereocenters. The number of carbonyl (C=O) groups excluding carboxylic acids is 1. The number of unbranched alkanes of at least 4 members (excludes halogenated alkanes) is 27. The van der Waals surface area contributed by atoms with Gasteiger partial charge < -0.3 is 40.3 Å². The van der Waals surface area contributed by atoms with Gasteiger partial charge in [0.2, 0.25) is 5.91 Å². The second kappa shape index (κ2) is 45.7. The molecule has 1 heterocycles. The average Bonchev–Trinajstić information content (AvgIpc) is 3.31. The highest BCUT2D eigenvalue weighted by atomic mass is 16.7. The Morgan fingerprint density at radius 3 is 1.45 bits per heavy atom.